The van der Waals surface area contributed by atoms with Crippen molar-refractivity contribution in [1.29, 1.82) is 5.26 Å². The van der Waals surface area contributed by atoms with Gasteiger partial charge in [0.05, 0.1) is 5.39 Å². The largest absolute Gasteiger partial charge is 0.346 e. The molecule has 0 bridgehead atoms. The molecule has 28 heavy (non-hydrogen) atoms. The van der Waals surface area contributed by atoms with Crippen LogP contribution in [0.4, 0.5) is 11.5 Å². The van der Waals surface area contributed by atoms with Crippen LogP contribution < -0.4 is 4.90 Å². The third-order valence-corrected chi connectivity index (χ3v) is 4.32. The number of aromatic amines is 1. The van der Waals surface area contributed by atoms with Crippen molar-refractivity contribution in [2.24, 2.45) is 0 Å². The highest BCUT2D eigenvalue weighted by atomic mass is 16.2. The standard InChI is InChI=1S/C21H22N6O/c1-14(2)27(20-18-9-10-23-19(18)24-13-25-20)17-7-5-15(6-8-17)11-16(12-22)21(28)26(3)4/h5-11,13-14H,1-4H3,(H,23,24,25). The molecule has 1 N–H and O–H groups in total. The van der Waals surface area contributed by atoms with Crippen molar-refractivity contribution < 1.29 is 4.79 Å². The number of nitrogens with one attached hydrogen (secondary N) is 1. The fourth-order valence-corrected chi connectivity index (χ4v) is 3.00. The van der Waals surface area contributed by atoms with E-state index in [4.69, 9.17) is 0 Å². The van der Waals surface area contributed by atoms with Gasteiger partial charge in [-0.1, -0.05) is 12.1 Å². The molecular formula is C21H22N6O. The van der Waals surface area contributed by atoms with Crippen LogP contribution in [0, 0.1) is 11.3 Å². The summed E-state index contributed by atoms with van der Waals surface area (Å²) in [4.78, 5) is 27.4. The Morgan fingerprint density at radius 1 is 1.18 bits per heavy atom. The number of anilines is 2. The molecule has 0 fully saturated rings. The third-order valence-electron chi connectivity index (χ3n) is 4.32. The molecule has 0 spiro atoms. The minimum atomic E-state index is -0.314. The number of nitriles is 1. The van der Waals surface area contributed by atoms with Crippen molar-refractivity contribution in [1.82, 2.24) is 19.9 Å². The average Bonchev–Trinajstić information content (AvgIpc) is 3.16. The Bertz CT molecular complexity index is 1060. The summed E-state index contributed by atoms with van der Waals surface area (Å²) >= 11 is 0. The summed E-state index contributed by atoms with van der Waals surface area (Å²) in [6.07, 6.45) is 4.99. The van der Waals surface area contributed by atoms with Crippen LogP contribution in [0.25, 0.3) is 17.1 Å². The van der Waals surface area contributed by atoms with E-state index in [9.17, 15) is 10.1 Å². The van der Waals surface area contributed by atoms with Crippen LogP contribution >= 0.6 is 0 Å². The predicted molar refractivity (Wildman–Crippen MR) is 110 cm³/mol. The zero-order valence-corrected chi connectivity index (χ0v) is 16.3. The number of aromatic nitrogens is 3. The maximum absolute atomic E-state index is 12.0. The number of carbonyl (C=O) groups is 1. The zero-order valence-electron chi connectivity index (χ0n) is 16.3. The van der Waals surface area contributed by atoms with E-state index < -0.39 is 0 Å². The van der Waals surface area contributed by atoms with Crippen LogP contribution in [0.3, 0.4) is 0 Å². The molecule has 0 aliphatic rings. The number of fused-ring (bicyclic) bond motifs is 1. The van der Waals surface area contributed by atoms with E-state index in [0.717, 1.165) is 28.1 Å². The van der Waals surface area contributed by atoms with E-state index in [-0.39, 0.29) is 17.5 Å². The first kappa shape index (κ1) is 19.1. The fraction of sp³-hybridized carbons (Fsp3) is 0.238. The molecule has 2 heterocycles. The lowest BCUT2D eigenvalue weighted by molar-refractivity contribution is -0.124. The Hall–Kier alpha value is -3.66. The van der Waals surface area contributed by atoms with Gasteiger partial charge in [0.1, 0.15) is 29.4 Å². The molecule has 7 nitrogen and oxygen atoms in total. The van der Waals surface area contributed by atoms with E-state index in [2.05, 4.69) is 33.7 Å². The number of hydrogen-bond donors (Lipinski definition) is 1. The van der Waals surface area contributed by atoms with Crippen molar-refractivity contribution in [3.63, 3.8) is 0 Å². The van der Waals surface area contributed by atoms with Gasteiger partial charge in [0.2, 0.25) is 0 Å². The number of hydrogen-bond acceptors (Lipinski definition) is 5. The van der Waals surface area contributed by atoms with Crippen LogP contribution in [0.1, 0.15) is 19.4 Å². The lowest BCUT2D eigenvalue weighted by Gasteiger charge is -2.28. The van der Waals surface area contributed by atoms with Gasteiger partial charge in [0.15, 0.2) is 0 Å². The Morgan fingerprint density at radius 2 is 1.89 bits per heavy atom. The summed E-state index contributed by atoms with van der Waals surface area (Å²) < 4.78 is 0. The molecule has 0 atom stereocenters. The van der Waals surface area contributed by atoms with E-state index in [0.29, 0.717) is 0 Å². The summed E-state index contributed by atoms with van der Waals surface area (Å²) in [5, 5.41) is 10.2. The molecular weight excluding hydrogens is 352 g/mol. The monoisotopic (exact) mass is 374 g/mol. The second-order valence-corrected chi connectivity index (χ2v) is 6.86. The Balaban J connectivity index is 1.98. The smallest absolute Gasteiger partial charge is 0.264 e. The van der Waals surface area contributed by atoms with Crippen LogP contribution in [0.2, 0.25) is 0 Å². The number of nitrogens with zero attached hydrogens (tertiary/aromatic N) is 5. The number of rotatable bonds is 5. The van der Waals surface area contributed by atoms with Crippen LogP contribution in [-0.2, 0) is 4.79 Å². The maximum atomic E-state index is 12.0. The van der Waals surface area contributed by atoms with Crippen molar-refractivity contribution in [3.8, 4) is 6.07 Å². The normalized spacial score (nSPS) is 11.5. The van der Waals surface area contributed by atoms with Gasteiger partial charge in [-0.05, 0) is 43.7 Å². The first-order chi connectivity index (χ1) is 13.4. The van der Waals surface area contributed by atoms with Gasteiger partial charge in [0, 0.05) is 32.0 Å². The highest BCUT2D eigenvalue weighted by molar-refractivity contribution is 6.01. The second kappa shape index (κ2) is 7.92. The maximum Gasteiger partial charge on any atom is 0.264 e. The van der Waals surface area contributed by atoms with Crippen LogP contribution in [-0.4, -0.2) is 45.9 Å². The highest BCUT2D eigenvalue weighted by Crippen LogP contribution is 2.31. The van der Waals surface area contributed by atoms with Gasteiger partial charge >= 0.3 is 0 Å². The molecule has 142 valence electrons. The van der Waals surface area contributed by atoms with Crippen molar-refractivity contribution in [3.05, 3.63) is 54.0 Å². The van der Waals surface area contributed by atoms with Gasteiger partial charge in [-0.2, -0.15) is 5.26 Å². The third kappa shape index (κ3) is 3.71. The number of likely N-dealkylation sites (N-methyl/N-ethyl adjacent to an activating group) is 1. The fourth-order valence-electron chi connectivity index (χ4n) is 3.00. The summed E-state index contributed by atoms with van der Waals surface area (Å²) in [5.41, 5.74) is 2.64. The Kier molecular flexibility index (Phi) is 5.41. The molecule has 0 aliphatic heterocycles. The predicted octanol–water partition coefficient (Wildman–Crippen LogP) is 3.50. The van der Waals surface area contributed by atoms with E-state index >= 15 is 0 Å². The number of benzene rings is 1. The molecule has 7 heteroatoms. The number of carbonyl (C=O) groups excluding carboxylic acids is 1. The lowest BCUT2D eigenvalue weighted by atomic mass is 10.1. The van der Waals surface area contributed by atoms with Crippen molar-refractivity contribution in [2.75, 3.05) is 19.0 Å². The molecule has 3 rings (SSSR count). The molecule has 1 amide bonds. The Labute approximate surface area is 163 Å². The van der Waals surface area contributed by atoms with Gasteiger partial charge in [-0.25, -0.2) is 9.97 Å². The topological polar surface area (TPSA) is 88.9 Å². The van der Waals surface area contributed by atoms with E-state index in [1.165, 1.54) is 4.90 Å². The Morgan fingerprint density at radius 3 is 2.50 bits per heavy atom. The molecule has 0 saturated carbocycles. The first-order valence-corrected chi connectivity index (χ1v) is 8.93. The van der Waals surface area contributed by atoms with Crippen molar-refractivity contribution in [2.45, 2.75) is 19.9 Å². The summed E-state index contributed by atoms with van der Waals surface area (Å²) in [6, 6.07) is 11.8. The average molecular weight is 374 g/mol. The minimum absolute atomic E-state index is 0.100. The van der Waals surface area contributed by atoms with Gasteiger partial charge in [0.25, 0.3) is 5.91 Å². The summed E-state index contributed by atoms with van der Waals surface area (Å²) in [6.45, 7) is 4.19. The highest BCUT2D eigenvalue weighted by Gasteiger charge is 2.18. The first-order valence-electron chi connectivity index (χ1n) is 8.93. The summed E-state index contributed by atoms with van der Waals surface area (Å²) in [7, 11) is 3.25. The van der Waals surface area contributed by atoms with Gasteiger partial charge in [-0.15, -0.1) is 0 Å². The van der Waals surface area contributed by atoms with Crippen LogP contribution in [0.15, 0.2) is 48.4 Å². The van der Waals surface area contributed by atoms with Gasteiger partial charge < -0.3 is 14.8 Å². The molecule has 0 radical (unpaired) electrons. The van der Waals surface area contributed by atoms with Crippen LogP contribution in [0.5, 0.6) is 0 Å². The molecule has 2 aromatic heterocycles. The quantitative estimate of drug-likeness (QED) is 0.545. The molecule has 0 unspecified atom stereocenters. The van der Waals surface area contributed by atoms with Gasteiger partial charge in [-0.3, -0.25) is 4.79 Å². The van der Waals surface area contributed by atoms with E-state index in [1.54, 1.807) is 26.5 Å². The molecule has 0 saturated heterocycles. The second-order valence-electron chi connectivity index (χ2n) is 6.86. The summed E-state index contributed by atoms with van der Waals surface area (Å²) in [5.74, 6) is 0.510. The minimum Gasteiger partial charge on any atom is -0.346 e. The number of H-pyrrole nitrogens is 1. The molecule has 1 aromatic carbocycles. The molecule has 0 aliphatic carbocycles. The SMILES string of the molecule is CC(C)N(c1ccc(C=C(C#N)C(=O)N(C)C)cc1)c1ncnc2[nH]ccc12. The van der Waals surface area contributed by atoms with Crippen molar-refractivity contribution >= 4 is 34.5 Å². The lowest BCUT2D eigenvalue weighted by Crippen LogP contribution is -2.26. The zero-order chi connectivity index (χ0) is 20.3. The number of amides is 1. The van der Waals surface area contributed by atoms with E-state index in [1.807, 2.05) is 42.6 Å². The molecule has 3 aromatic rings.